The van der Waals surface area contributed by atoms with Gasteiger partial charge in [-0.15, -0.1) is 0 Å². The zero-order valence-corrected chi connectivity index (χ0v) is 23.0. The number of carbonyl (C=O) groups excluding carboxylic acids is 2. The van der Waals surface area contributed by atoms with E-state index in [1.165, 1.54) is 4.90 Å². The molecule has 2 aliphatic heterocycles. The van der Waals surface area contributed by atoms with Crippen molar-refractivity contribution < 1.29 is 19.1 Å². The van der Waals surface area contributed by atoms with Gasteiger partial charge in [-0.3, -0.25) is 14.5 Å². The molecule has 0 bridgehead atoms. The number of likely N-dealkylation sites (N-methyl/N-ethyl adjacent to an activating group) is 1. The van der Waals surface area contributed by atoms with Crippen molar-refractivity contribution in [1.29, 1.82) is 0 Å². The van der Waals surface area contributed by atoms with Crippen LogP contribution in [0.4, 0.5) is 5.69 Å². The molecule has 192 valence electrons. The van der Waals surface area contributed by atoms with Gasteiger partial charge in [0.25, 0.3) is 5.91 Å². The number of aromatic nitrogens is 1. The number of morpholine rings is 1. The van der Waals surface area contributed by atoms with Crippen LogP contribution in [0, 0.1) is 0 Å². The summed E-state index contributed by atoms with van der Waals surface area (Å²) < 4.78 is 13.7. The van der Waals surface area contributed by atoms with Crippen LogP contribution in [0.5, 0.6) is 5.75 Å². The molecule has 0 radical (unpaired) electrons. The maximum absolute atomic E-state index is 13.5. The van der Waals surface area contributed by atoms with E-state index >= 15 is 0 Å². The van der Waals surface area contributed by atoms with Crippen molar-refractivity contribution in [3.63, 3.8) is 0 Å². The lowest BCUT2D eigenvalue weighted by atomic mass is 10.1. The first-order valence-electron chi connectivity index (χ1n) is 12.1. The van der Waals surface area contributed by atoms with Gasteiger partial charge in [-0.05, 0) is 67.7 Å². The van der Waals surface area contributed by atoms with Crippen LogP contribution < -0.4 is 9.64 Å². The standard InChI is InChI=1S/C27H27BrN4O4S/c1-3-36-21-7-5-20(6-8-21)32-26(34)24(29(2)27(32)37)14-18-16-31(23-9-4-19(28)15-22(18)23)17-25(33)30-10-12-35-13-11-30/h4-9,14-16H,3,10-13,17H2,1-2H3/b24-14-. The van der Waals surface area contributed by atoms with Crippen molar-refractivity contribution in [1.82, 2.24) is 14.4 Å². The van der Waals surface area contributed by atoms with E-state index in [2.05, 4.69) is 15.9 Å². The molecule has 0 aliphatic carbocycles. The molecule has 0 unspecified atom stereocenters. The molecule has 0 atom stereocenters. The van der Waals surface area contributed by atoms with Crippen LogP contribution in [-0.2, 0) is 20.9 Å². The number of anilines is 1. The van der Waals surface area contributed by atoms with Gasteiger partial charge in [0.2, 0.25) is 5.91 Å². The first-order valence-corrected chi connectivity index (χ1v) is 13.3. The number of carbonyl (C=O) groups is 2. The van der Waals surface area contributed by atoms with Crippen LogP contribution in [0.1, 0.15) is 12.5 Å². The average molecular weight is 584 g/mol. The fourth-order valence-corrected chi connectivity index (χ4v) is 5.24. The van der Waals surface area contributed by atoms with Gasteiger partial charge in [0, 0.05) is 47.3 Å². The number of nitrogens with zero attached hydrogens (tertiary/aromatic N) is 4. The Hall–Kier alpha value is -3.21. The Morgan fingerprint density at radius 3 is 2.59 bits per heavy atom. The van der Waals surface area contributed by atoms with Crippen molar-refractivity contribution in [2.24, 2.45) is 0 Å². The van der Waals surface area contributed by atoms with E-state index in [9.17, 15) is 9.59 Å². The fourth-order valence-electron chi connectivity index (χ4n) is 4.59. The number of benzene rings is 2. The second-order valence-electron chi connectivity index (χ2n) is 8.81. The smallest absolute Gasteiger partial charge is 0.281 e. The molecular formula is C27H27BrN4O4S. The van der Waals surface area contributed by atoms with Crippen molar-refractivity contribution in [2.45, 2.75) is 13.5 Å². The molecule has 3 heterocycles. The molecule has 10 heteroatoms. The summed E-state index contributed by atoms with van der Waals surface area (Å²) in [6, 6.07) is 13.2. The summed E-state index contributed by atoms with van der Waals surface area (Å²) in [5.41, 5.74) is 2.88. The molecule has 0 spiro atoms. The van der Waals surface area contributed by atoms with Gasteiger partial charge >= 0.3 is 0 Å². The van der Waals surface area contributed by atoms with E-state index < -0.39 is 0 Å². The van der Waals surface area contributed by atoms with Crippen LogP contribution >= 0.6 is 28.1 Å². The largest absolute Gasteiger partial charge is 0.494 e. The van der Waals surface area contributed by atoms with Crippen LogP contribution in [0.2, 0.25) is 0 Å². The maximum atomic E-state index is 13.5. The minimum atomic E-state index is -0.211. The van der Waals surface area contributed by atoms with E-state index in [0.29, 0.717) is 49.4 Å². The van der Waals surface area contributed by atoms with Crippen molar-refractivity contribution in [2.75, 3.05) is 44.9 Å². The summed E-state index contributed by atoms with van der Waals surface area (Å²) in [6.45, 7) is 5.01. The number of amides is 2. The van der Waals surface area contributed by atoms with Crippen LogP contribution in [0.25, 0.3) is 17.0 Å². The first-order chi connectivity index (χ1) is 17.9. The minimum absolute atomic E-state index is 0.0410. The predicted molar refractivity (Wildman–Crippen MR) is 150 cm³/mol. The summed E-state index contributed by atoms with van der Waals surface area (Å²) in [6.07, 6.45) is 3.76. The molecule has 0 saturated carbocycles. The molecule has 8 nitrogen and oxygen atoms in total. The quantitative estimate of drug-likeness (QED) is 0.319. The van der Waals surface area contributed by atoms with E-state index in [1.54, 1.807) is 11.9 Å². The number of hydrogen-bond donors (Lipinski definition) is 0. The summed E-state index contributed by atoms with van der Waals surface area (Å²) in [5, 5.41) is 1.33. The average Bonchev–Trinajstić information content (AvgIpc) is 3.34. The van der Waals surface area contributed by atoms with Crippen LogP contribution in [0.15, 0.2) is 58.8 Å². The highest BCUT2D eigenvalue weighted by Gasteiger charge is 2.37. The fraction of sp³-hybridized carbons (Fsp3) is 0.296. The van der Waals surface area contributed by atoms with Crippen molar-refractivity contribution >= 4 is 67.7 Å². The molecule has 2 fully saturated rings. The highest BCUT2D eigenvalue weighted by Crippen LogP contribution is 2.32. The maximum Gasteiger partial charge on any atom is 0.281 e. The Bertz CT molecular complexity index is 1400. The summed E-state index contributed by atoms with van der Waals surface area (Å²) in [4.78, 5) is 31.6. The molecule has 5 rings (SSSR count). The molecule has 2 saturated heterocycles. The molecule has 3 aromatic rings. The highest BCUT2D eigenvalue weighted by molar-refractivity contribution is 9.10. The molecular weight excluding hydrogens is 556 g/mol. The molecule has 1 aromatic heterocycles. The summed E-state index contributed by atoms with van der Waals surface area (Å²) in [5.74, 6) is 0.564. The molecule has 2 aromatic carbocycles. The van der Waals surface area contributed by atoms with Crippen molar-refractivity contribution in [3.8, 4) is 5.75 Å². The normalized spacial score (nSPS) is 17.4. The lowest BCUT2D eigenvalue weighted by Crippen LogP contribution is -2.42. The van der Waals surface area contributed by atoms with Gasteiger partial charge in [-0.2, -0.15) is 0 Å². The van der Waals surface area contributed by atoms with Crippen molar-refractivity contribution in [3.05, 3.63) is 64.4 Å². The number of rotatable bonds is 6. The number of hydrogen-bond acceptors (Lipinski definition) is 5. The third-order valence-electron chi connectivity index (χ3n) is 6.50. The lowest BCUT2D eigenvalue weighted by Gasteiger charge is -2.27. The molecule has 2 amide bonds. The number of fused-ring (bicyclic) bond motifs is 1. The highest BCUT2D eigenvalue weighted by atomic mass is 79.9. The third kappa shape index (κ3) is 5.01. The minimum Gasteiger partial charge on any atom is -0.494 e. The van der Waals surface area contributed by atoms with Gasteiger partial charge < -0.3 is 23.8 Å². The van der Waals surface area contributed by atoms with Crippen LogP contribution in [0.3, 0.4) is 0 Å². The molecule has 0 N–H and O–H groups in total. The van der Waals surface area contributed by atoms with Crippen LogP contribution in [-0.4, -0.2) is 71.3 Å². The van der Waals surface area contributed by atoms with E-state index in [1.807, 2.05) is 71.1 Å². The van der Waals surface area contributed by atoms with Gasteiger partial charge in [-0.25, -0.2) is 0 Å². The second kappa shape index (κ2) is 10.6. The zero-order valence-electron chi connectivity index (χ0n) is 20.6. The Morgan fingerprint density at radius 2 is 1.89 bits per heavy atom. The number of thiocarbonyl (C=S) groups is 1. The molecule has 2 aliphatic rings. The molecule has 37 heavy (non-hydrogen) atoms. The Kier molecular flexibility index (Phi) is 7.32. The summed E-state index contributed by atoms with van der Waals surface area (Å²) in [7, 11) is 1.79. The zero-order chi connectivity index (χ0) is 26.1. The van der Waals surface area contributed by atoms with Gasteiger partial charge in [0.1, 0.15) is 18.0 Å². The second-order valence-corrected chi connectivity index (χ2v) is 10.1. The third-order valence-corrected chi connectivity index (χ3v) is 7.45. The van der Waals surface area contributed by atoms with Gasteiger partial charge in [0.15, 0.2) is 5.11 Å². The van der Waals surface area contributed by atoms with E-state index in [4.69, 9.17) is 21.7 Å². The lowest BCUT2D eigenvalue weighted by molar-refractivity contribution is -0.135. The van der Waals surface area contributed by atoms with Gasteiger partial charge in [0.05, 0.1) is 25.5 Å². The number of ether oxygens (including phenoxy) is 2. The Labute approximate surface area is 229 Å². The van der Waals surface area contributed by atoms with E-state index in [-0.39, 0.29) is 18.4 Å². The Morgan fingerprint density at radius 1 is 1.16 bits per heavy atom. The monoisotopic (exact) mass is 582 g/mol. The predicted octanol–water partition coefficient (Wildman–Crippen LogP) is 4.27. The number of halogens is 1. The Balaban J connectivity index is 1.48. The first kappa shape index (κ1) is 25.4. The van der Waals surface area contributed by atoms with E-state index in [0.717, 1.165) is 26.7 Å². The summed E-state index contributed by atoms with van der Waals surface area (Å²) >= 11 is 9.19. The SMILES string of the molecule is CCOc1ccc(N2C(=O)/C(=C/c3cn(CC(=O)N4CCOCC4)c4ccc(Br)cc34)N(C)C2=S)cc1. The van der Waals surface area contributed by atoms with Gasteiger partial charge in [-0.1, -0.05) is 15.9 Å². The topological polar surface area (TPSA) is 67.2 Å².